The minimum atomic E-state index is -4.80. The maximum absolute atomic E-state index is 12.3. The second-order valence-electron chi connectivity index (χ2n) is 8.10. The van der Waals surface area contributed by atoms with E-state index < -0.39 is 18.0 Å². The van der Waals surface area contributed by atoms with Crippen LogP contribution in [0.15, 0.2) is 78.9 Å². The summed E-state index contributed by atoms with van der Waals surface area (Å²) in [5, 5.41) is 5.45. The lowest BCUT2D eigenvalue weighted by Gasteiger charge is -2.14. The molecule has 9 heteroatoms. The molecule has 0 spiro atoms. The third kappa shape index (κ3) is 5.85. The first-order valence-corrected chi connectivity index (χ1v) is 10.8. The van der Waals surface area contributed by atoms with E-state index >= 15 is 0 Å². The number of ether oxygens (including phenoxy) is 2. The Morgan fingerprint density at radius 3 is 2.38 bits per heavy atom. The van der Waals surface area contributed by atoms with Crippen molar-refractivity contribution in [3.05, 3.63) is 90.0 Å². The van der Waals surface area contributed by atoms with Crippen molar-refractivity contribution in [2.24, 2.45) is 0 Å². The van der Waals surface area contributed by atoms with Crippen LogP contribution in [0, 0.1) is 0 Å². The molecule has 1 aliphatic carbocycles. The van der Waals surface area contributed by atoms with E-state index in [9.17, 15) is 18.0 Å². The molecule has 1 amide bonds. The summed E-state index contributed by atoms with van der Waals surface area (Å²) in [6.45, 7) is 2.17. The molecule has 0 bridgehead atoms. The minimum absolute atomic E-state index is 0.0331. The summed E-state index contributed by atoms with van der Waals surface area (Å²) < 4.78 is 46.7. The zero-order valence-electron chi connectivity index (χ0n) is 18.1. The maximum Gasteiger partial charge on any atom is 0.573 e. The molecule has 0 saturated heterocycles. The number of halogens is 3. The number of anilines is 1. The van der Waals surface area contributed by atoms with E-state index in [1.807, 2.05) is 30.3 Å². The third-order valence-electron chi connectivity index (χ3n) is 5.54. The van der Waals surface area contributed by atoms with Crippen LogP contribution >= 0.6 is 12.2 Å². The van der Waals surface area contributed by atoms with Crippen LogP contribution in [0.25, 0.3) is 0 Å². The first-order valence-electron chi connectivity index (χ1n) is 10.4. The summed E-state index contributed by atoms with van der Waals surface area (Å²) in [5.41, 5.74) is 1.95. The van der Waals surface area contributed by atoms with Crippen LogP contribution in [0.3, 0.4) is 0 Å². The highest BCUT2D eigenvalue weighted by molar-refractivity contribution is 7.80. The highest BCUT2D eigenvalue weighted by Crippen LogP contribution is 2.50. The predicted octanol–water partition coefficient (Wildman–Crippen LogP) is 5.82. The van der Waals surface area contributed by atoms with Crippen molar-refractivity contribution in [1.29, 1.82) is 0 Å². The normalized spacial score (nSPS) is 19.1. The monoisotopic (exact) mass is 486 g/mol. The lowest BCUT2D eigenvalue weighted by atomic mass is 9.98. The van der Waals surface area contributed by atoms with E-state index in [-0.39, 0.29) is 22.2 Å². The largest absolute Gasteiger partial charge is 0.573 e. The van der Waals surface area contributed by atoms with Crippen LogP contribution in [0.4, 0.5) is 18.9 Å². The van der Waals surface area contributed by atoms with E-state index in [1.54, 1.807) is 12.1 Å². The predicted molar refractivity (Wildman–Crippen MR) is 126 cm³/mol. The fraction of sp³-hybridized carbons (Fsp3) is 0.200. The topological polar surface area (TPSA) is 59.6 Å². The lowest BCUT2D eigenvalue weighted by molar-refractivity contribution is -0.274. The molecule has 0 radical (unpaired) electrons. The van der Waals surface area contributed by atoms with Gasteiger partial charge in [0, 0.05) is 22.7 Å². The van der Waals surface area contributed by atoms with Crippen molar-refractivity contribution in [2.45, 2.75) is 31.2 Å². The second-order valence-corrected chi connectivity index (χ2v) is 8.51. The standard InChI is InChI=1S/C25H21F3N2O3S/c1-24(17-6-3-2-4-7-17)15-21(24)32-20-9-5-8-18(14-20)29-23(34)30-22(31)16-10-12-19(13-11-16)33-25(26,27)28/h2-14,21H,15H2,1H3,(H2,29,30,31,34). The molecule has 3 aromatic carbocycles. The van der Waals surface area contributed by atoms with Crippen molar-refractivity contribution < 1.29 is 27.4 Å². The fourth-order valence-electron chi connectivity index (χ4n) is 3.58. The number of carbonyl (C=O) groups excluding carboxylic acids is 1. The van der Waals surface area contributed by atoms with Crippen LogP contribution in [-0.4, -0.2) is 23.5 Å². The van der Waals surface area contributed by atoms with Crippen molar-refractivity contribution >= 4 is 28.9 Å². The second kappa shape index (κ2) is 9.34. The maximum atomic E-state index is 12.3. The SMILES string of the molecule is CC1(c2ccccc2)CC1Oc1cccc(NC(=S)NC(=O)c2ccc(OC(F)(F)F)cc2)c1. The molecule has 0 heterocycles. The van der Waals surface area contributed by atoms with E-state index in [1.165, 1.54) is 17.7 Å². The van der Waals surface area contributed by atoms with Crippen LogP contribution in [0.1, 0.15) is 29.3 Å². The summed E-state index contributed by atoms with van der Waals surface area (Å²) in [5.74, 6) is -0.315. The van der Waals surface area contributed by atoms with Gasteiger partial charge in [0.15, 0.2) is 5.11 Å². The zero-order chi connectivity index (χ0) is 24.3. The molecule has 2 unspecified atom stereocenters. The Kier molecular flexibility index (Phi) is 6.47. The Morgan fingerprint density at radius 1 is 1.00 bits per heavy atom. The molecular weight excluding hydrogens is 465 g/mol. The average molecular weight is 487 g/mol. The molecule has 0 aromatic heterocycles. The molecular formula is C25H21F3N2O3S. The van der Waals surface area contributed by atoms with Crippen molar-refractivity contribution in [2.75, 3.05) is 5.32 Å². The number of nitrogens with one attached hydrogen (secondary N) is 2. The van der Waals surface area contributed by atoms with Gasteiger partial charge in [-0.25, -0.2) is 0 Å². The minimum Gasteiger partial charge on any atom is -0.489 e. The molecule has 1 aliphatic rings. The number of carbonyl (C=O) groups is 1. The third-order valence-corrected chi connectivity index (χ3v) is 5.74. The summed E-state index contributed by atoms with van der Waals surface area (Å²) in [6, 6.07) is 22.0. The van der Waals surface area contributed by atoms with Gasteiger partial charge >= 0.3 is 6.36 Å². The van der Waals surface area contributed by atoms with Gasteiger partial charge in [-0.1, -0.05) is 43.3 Å². The van der Waals surface area contributed by atoms with Crippen molar-refractivity contribution in [1.82, 2.24) is 5.32 Å². The van der Waals surface area contributed by atoms with Gasteiger partial charge in [0.05, 0.1) is 0 Å². The van der Waals surface area contributed by atoms with Crippen LogP contribution < -0.4 is 20.1 Å². The molecule has 176 valence electrons. The van der Waals surface area contributed by atoms with Crippen molar-refractivity contribution in [3.8, 4) is 11.5 Å². The Balaban J connectivity index is 1.32. The van der Waals surface area contributed by atoms with Crippen molar-refractivity contribution in [3.63, 3.8) is 0 Å². The summed E-state index contributed by atoms with van der Waals surface area (Å²) >= 11 is 5.20. The summed E-state index contributed by atoms with van der Waals surface area (Å²) in [4.78, 5) is 12.3. The molecule has 0 aliphatic heterocycles. The number of thiocarbonyl (C=S) groups is 1. The fourth-order valence-corrected chi connectivity index (χ4v) is 3.79. The van der Waals surface area contributed by atoms with Gasteiger partial charge in [0.2, 0.25) is 0 Å². The van der Waals surface area contributed by atoms with Gasteiger partial charge in [-0.15, -0.1) is 13.2 Å². The van der Waals surface area contributed by atoms with Gasteiger partial charge in [0.1, 0.15) is 17.6 Å². The molecule has 1 fully saturated rings. The van der Waals surface area contributed by atoms with Crippen LogP contribution in [0.5, 0.6) is 11.5 Å². The summed E-state index contributed by atoms with van der Waals surface area (Å²) in [6.07, 6.45) is -3.83. The Morgan fingerprint density at radius 2 is 1.71 bits per heavy atom. The zero-order valence-corrected chi connectivity index (χ0v) is 18.9. The Bertz CT molecular complexity index is 1190. The molecule has 2 N–H and O–H groups in total. The number of hydrogen-bond acceptors (Lipinski definition) is 4. The molecule has 34 heavy (non-hydrogen) atoms. The smallest absolute Gasteiger partial charge is 0.489 e. The first-order chi connectivity index (χ1) is 16.1. The van der Waals surface area contributed by atoms with E-state index in [0.717, 1.165) is 18.6 Å². The number of hydrogen-bond donors (Lipinski definition) is 2. The van der Waals surface area contributed by atoms with Gasteiger partial charge < -0.3 is 14.8 Å². The van der Waals surface area contributed by atoms with Gasteiger partial charge in [0.25, 0.3) is 5.91 Å². The molecule has 5 nitrogen and oxygen atoms in total. The van der Waals surface area contributed by atoms with Crippen LogP contribution in [0.2, 0.25) is 0 Å². The van der Waals surface area contributed by atoms with Gasteiger partial charge in [-0.05, 0) is 60.6 Å². The van der Waals surface area contributed by atoms with E-state index in [0.29, 0.717) is 11.4 Å². The molecule has 3 aromatic rings. The first kappa shape index (κ1) is 23.6. The number of benzene rings is 3. The number of alkyl halides is 3. The lowest BCUT2D eigenvalue weighted by Crippen LogP contribution is -2.34. The summed E-state index contributed by atoms with van der Waals surface area (Å²) in [7, 11) is 0. The average Bonchev–Trinajstić information content (AvgIpc) is 3.44. The van der Waals surface area contributed by atoms with Gasteiger partial charge in [-0.2, -0.15) is 0 Å². The molecule has 1 saturated carbocycles. The Hall–Kier alpha value is -3.59. The number of amides is 1. The van der Waals surface area contributed by atoms with E-state index in [4.69, 9.17) is 17.0 Å². The number of rotatable bonds is 6. The highest BCUT2D eigenvalue weighted by atomic mass is 32.1. The van der Waals surface area contributed by atoms with Crippen LogP contribution in [-0.2, 0) is 5.41 Å². The van der Waals surface area contributed by atoms with E-state index in [2.05, 4.69) is 34.4 Å². The highest BCUT2D eigenvalue weighted by Gasteiger charge is 2.53. The molecule has 2 atom stereocenters. The Labute approximate surface area is 199 Å². The molecule has 4 rings (SSSR count). The van der Waals surface area contributed by atoms with Gasteiger partial charge in [-0.3, -0.25) is 10.1 Å². The quantitative estimate of drug-likeness (QED) is 0.430.